The van der Waals surface area contributed by atoms with Gasteiger partial charge in [-0.05, 0) is 26.3 Å². The zero-order valence-corrected chi connectivity index (χ0v) is 11.4. The van der Waals surface area contributed by atoms with Crippen LogP contribution in [0, 0.1) is 5.92 Å². The highest BCUT2D eigenvalue weighted by atomic mass is 19.4. The highest BCUT2D eigenvalue weighted by Crippen LogP contribution is 2.35. The van der Waals surface area contributed by atoms with Crippen LogP contribution in [-0.2, 0) is 6.18 Å². The van der Waals surface area contributed by atoms with Crippen LogP contribution in [0.4, 0.5) is 24.5 Å². The predicted octanol–water partition coefficient (Wildman–Crippen LogP) is 2.28. The van der Waals surface area contributed by atoms with E-state index in [2.05, 4.69) is 4.98 Å². The second kappa shape index (κ2) is 4.80. The standard InChI is InChI=1S/C13H18F3N3O/c1-12(2,20)8-3-4-19(7-8)9-5-10(17)11(18-6-9)13(14,15)16/h5-6,8,20H,3-4,7,17H2,1-2H3/t8-/m1/s1. The first kappa shape index (κ1) is 14.9. The summed E-state index contributed by atoms with van der Waals surface area (Å²) in [5.41, 5.74) is 3.76. The Morgan fingerprint density at radius 1 is 1.40 bits per heavy atom. The molecule has 1 saturated heterocycles. The molecule has 1 fully saturated rings. The van der Waals surface area contributed by atoms with E-state index in [0.717, 1.165) is 6.42 Å². The van der Waals surface area contributed by atoms with Crippen molar-refractivity contribution in [1.82, 2.24) is 4.98 Å². The van der Waals surface area contributed by atoms with Gasteiger partial charge in [0.2, 0.25) is 0 Å². The topological polar surface area (TPSA) is 62.4 Å². The Labute approximate surface area is 115 Å². The zero-order valence-electron chi connectivity index (χ0n) is 11.4. The van der Waals surface area contributed by atoms with E-state index >= 15 is 0 Å². The van der Waals surface area contributed by atoms with Gasteiger partial charge in [0, 0.05) is 19.0 Å². The van der Waals surface area contributed by atoms with Crippen LogP contribution in [-0.4, -0.2) is 28.8 Å². The van der Waals surface area contributed by atoms with E-state index in [1.165, 1.54) is 12.3 Å². The van der Waals surface area contributed by atoms with Gasteiger partial charge in [-0.1, -0.05) is 0 Å². The van der Waals surface area contributed by atoms with E-state index in [4.69, 9.17) is 5.73 Å². The van der Waals surface area contributed by atoms with Crippen LogP contribution in [0.1, 0.15) is 26.0 Å². The van der Waals surface area contributed by atoms with Crippen molar-refractivity contribution in [3.05, 3.63) is 18.0 Å². The molecule has 1 aliphatic rings. The minimum absolute atomic E-state index is 0.0750. The average Bonchev–Trinajstić information content (AvgIpc) is 2.75. The molecule has 3 N–H and O–H groups in total. The van der Waals surface area contributed by atoms with Gasteiger partial charge in [0.1, 0.15) is 0 Å². The predicted molar refractivity (Wildman–Crippen MR) is 70.3 cm³/mol. The van der Waals surface area contributed by atoms with E-state index in [1.807, 2.05) is 4.90 Å². The van der Waals surface area contributed by atoms with Crippen LogP contribution >= 0.6 is 0 Å². The van der Waals surface area contributed by atoms with Gasteiger partial charge in [0.25, 0.3) is 0 Å². The minimum atomic E-state index is -4.54. The van der Waals surface area contributed by atoms with Gasteiger partial charge >= 0.3 is 6.18 Å². The Hall–Kier alpha value is -1.50. The number of aliphatic hydroxyl groups is 1. The number of rotatable bonds is 2. The molecule has 2 rings (SSSR count). The number of halogens is 3. The monoisotopic (exact) mass is 289 g/mol. The van der Waals surface area contributed by atoms with Gasteiger partial charge in [-0.25, -0.2) is 4.98 Å². The summed E-state index contributed by atoms with van der Waals surface area (Å²) >= 11 is 0. The van der Waals surface area contributed by atoms with Crippen molar-refractivity contribution in [2.45, 2.75) is 32.0 Å². The van der Waals surface area contributed by atoms with Crippen molar-refractivity contribution in [3.63, 3.8) is 0 Å². The molecule has 0 aliphatic carbocycles. The fourth-order valence-electron chi connectivity index (χ4n) is 2.45. The molecule has 20 heavy (non-hydrogen) atoms. The Kier molecular flexibility index (Phi) is 3.58. The number of aromatic nitrogens is 1. The summed E-state index contributed by atoms with van der Waals surface area (Å²) < 4.78 is 37.8. The van der Waals surface area contributed by atoms with Crippen molar-refractivity contribution in [2.75, 3.05) is 23.7 Å². The third kappa shape index (κ3) is 2.98. The minimum Gasteiger partial charge on any atom is -0.397 e. The highest BCUT2D eigenvalue weighted by molar-refractivity contribution is 5.58. The number of alkyl halides is 3. The SMILES string of the molecule is CC(C)(O)[C@@H]1CCN(c2cnc(C(F)(F)F)c(N)c2)C1. The van der Waals surface area contributed by atoms with Crippen LogP contribution in [0.5, 0.6) is 0 Å². The number of hydrogen-bond acceptors (Lipinski definition) is 4. The molecular weight excluding hydrogens is 271 g/mol. The van der Waals surface area contributed by atoms with Crippen LogP contribution < -0.4 is 10.6 Å². The molecular formula is C13H18F3N3O. The van der Waals surface area contributed by atoms with Gasteiger partial charge < -0.3 is 15.7 Å². The maximum atomic E-state index is 12.6. The molecule has 0 radical (unpaired) electrons. The van der Waals surface area contributed by atoms with E-state index in [9.17, 15) is 18.3 Å². The molecule has 1 atom stereocenters. The van der Waals surface area contributed by atoms with Crippen molar-refractivity contribution in [3.8, 4) is 0 Å². The molecule has 0 bridgehead atoms. The molecule has 0 amide bonds. The summed E-state index contributed by atoms with van der Waals surface area (Å²) in [6, 6.07) is 1.29. The second-order valence-electron chi connectivity index (χ2n) is 5.71. The Bertz CT molecular complexity index is 497. The van der Waals surface area contributed by atoms with Crippen LogP contribution in [0.2, 0.25) is 0 Å². The lowest BCUT2D eigenvalue weighted by atomic mass is 9.90. The van der Waals surface area contributed by atoms with E-state index in [1.54, 1.807) is 13.8 Å². The number of nitrogen functional groups attached to an aromatic ring is 1. The number of anilines is 2. The number of pyridine rings is 1. The maximum Gasteiger partial charge on any atom is 0.435 e. The lowest BCUT2D eigenvalue weighted by Gasteiger charge is -2.26. The Balaban J connectivity index is 2.18. The number of nitrogens with zero attached hydrogens (tertiary/aromatic N) is 2. The molecule has 0 saturated carbocycles. The quantitative estimate of drug-likeness (QED) is 0.877. The molecule has 0 unspecified atom stereocenters. The van der Waals surface area contributed by atoms with E-state index < -0.39 is 17.5 Å². The first-order chi connectivity index (χ1) is 9.09. The third-order valence-corrected chi connectivity index (χ3v) is 3.72. The van der Waals surface area contributed by atoms with Crippen molar-refractivity contribution < 1.29 is 18.3 Å². The summed E-state index contributed by atoms with van der Waals surface area (Å²) in [7, 11) is 0. The second-order valence-corrected chi connectivity index (χ2v) is 5.71. The lowest BCUT2D eigenvalue weighted by molar-refractivity contribution is -0.140. The largest absolute Gasteiger partial charge is 0.435 e. The molecule has 7 heteroatoms. The smallest absolute Gasteiger partial charge is 0.397 e. The molecule has 112 valence electrons. The molecule has 2 heterocycles. The summed E-state index contributed by atoms with van der Waals surface area (Å²) in [5, 5.41) is 9.97. The maximum absolute atomic E-state index is 12.6. The van der Waals surface area contributed by atoms with Gasteiger partial charge in [-0.2, -0.15) is 13.2 Å². The molecule has 0 aromatic carbocycles. The third-order valence-electron chi connectivity index (χ3n) is 3.72. The molecule has 4 nitrogen and oxygen atoms in total. The molecule has 1 aromatic heterocycles. The van der Waals surface area contributed by atoms with E-state index in [-0.39, 0.29) is 11.6 Å². The van der Waals surface area contributed by atoms with Gasteiger partial charge in [0.15, 0.2) is 5.69 Å². The zero-order chi connectivity index (χ0) is 15.1. The number of hydrogen-bond donors (Lipinski definition) is 2. The fraction of sp³-hybridized carbons (Fsp3) is 0.615. The number of nitrogens with two attached hydrogens (primary N) is 1. The summed E-state index contributed by atoms with van der Waals surface area (Å²) in [5.74, 6) is 0.0750. The van der Waals surface area contributed by atoms with Crippen LogP contribution in [0.15, 0.2) is 12.3 Å². The normalized spacial score (nSPS) is 20.5. The average molecular weight is 289 g/mol. The van der Waals surface area contributed by atoms with Gasteiger partial charge in [-0.15, -0.1) is 0 Å². The highest BCUT2D eigenvalue weighted by Gasteiger charge is 2.36. The molecule has 1 aliphatic heterocycles. The summed E-state index contributed by atoms with van der Waals surface area (Å²) in [4.78, 5) is 5.32. The summed E-state index contributed by atoms with van der Waals surface area (Å²) in [6.45, 7) is 4.72. The Morgan fingerprint density at radius 2 is 2.05 bits per heavy atom. The van der Waals surface area contributed by atoms with Crippen molar-refractivity contribution in [1.29, 1.82) is 0 Å². The van der Waals surface area contributed by atoms with E-state index in [0.29, 0.717) is 18.8 Å². The first-order valence-electron chi connectivity index (χ1n) is 6.39. The van der Waals surface area contributed by atoms with Crippen molar-refractivity contribution in [2.24, 2.45) is 5.92 Å². The fourth-order valence-corrected chi connectivity index (χ4v) is 2.45. The van der Waals surface area contributed by atoms with Gasteiger partial charge in [0.05, 0.1) is 23.2 Å². The Morgan fingerprint density at radius 3 is 2.50 bits per heavy atom. The van der Waals surface area contributed by atoms with Crippen molar-refractivity contribution >= 4 is 11.4 Å². The molecule has 0 spiro atoms. The molecule has 1 aromatic rings. The first-order valence-corrected chi connectivity index (χ1v) is 6.39. The lowest BCUT2D eigenvalue weighted by Crippen LogP contribution is -2.33. The van der Waals surface area contributed by atoms with Crippen LogP contribution in [0.25, 0.3) is 0 Å². The van der Waals surface area contributed by atoms with Crippen LogP contribution in [0.3, 0.4) is 0 Å². The summed E-state index contributed by atoms with van der Waals surface area (Å²) in [6.07, 6.45) is -2.57. The van der Waals surface area contributed by atoms with Gasteiger partial charge in [-0.3, -0.25) is 0 Å².